The maximum absolute atomic E-state index is 12.9. The molecule has 3 rings (SSSR count). The lowest BCUT2D eigenvalue weighted by atomic mass is 9.75. The molecule has 144 valence electrons. The molecule has 1 saturated heterocycles. The summed E-state index contributed by atoms with van der Waals surface area (Å²) >= 11 is 0. The third kappa shape index (κ3) is 3.34. The summed E-state index contributed by atoms with van der Waals surface area (Å²) in [5, 5.41) is 9.52. The number of nitrogens with zero attached hydrogens (tertiary/aromatic N) is 2. The molecule has 5 nitrogen and oxygen atoms in total. The van der Waals surface area contributed by atoms with Gasteiger partial charge in [-0.3, -0.25) is 9.59 Å². The van der Waals surface area contributed by atoms with Crippen LogP contribution in [0.1, 0.15) is 73.8 Å². The van der Waals surface area contributed by atoms with Crippen molar-refractivity contribution < 1.29 is 14.7 Å². The zero-order valence-electron chi connectivity index (χ0n) is 16.6. The number of carbonyl (C=O) groups excluding carboxylic acids is 2. The number of Topliss-reactive ketones (excluding diaryl/α,β-unsaturated/α-hetero) is 1. The van der Waals surface area contributed by atoms with Crippen LogP contribution in [-0.2, 0) is 24.2 Å². The Morgan fingerprint density at radius 2 is 2.04 bits per heavy atom. The monoisotopic (exact) mass is 360 g/mol. The van der Waals surface area contributed by atoms with E-state index in [-0.39, 0.29) is 36.2 Å². The fourth-order valence-corrected chi connectivity index (χ4v) is 4.76. The van der Waals surface area contributed by atoms with E-state index in [0.29, 0.717) is 13.0 Å². The molecule has 0 saturated carbocycles. The Morgan fingerprint density at radius 3 is 2.69 bits per heavy atom. The van der Waals surface area contributed by atoms with E-state index < -0.39 is 0 Å². The average molecular weight is 360 g/mol. The number of hydrogen-bond donors (Lipinski definition) is 1. The number of carbonyl (C=O) groups is 2. The first-order valence-corrected chi connectivity index (χ1v) is 9.93. The summed E-state index contributed by atoms with van der Waals surface area (Å²) in [5.41, 5.74) is 3.88. The molecule has 0 radical (unpaired) electrons. The Bertz CT molecular complexity index is 717. The SMILES string of the molecule is CCCn1c(C)c(CC(=O)N2CCC[C@H]2CO)c2c1CC(C)(C)CC2=O. The largest absolute Gasteiger partial charge is 0.394 e. The van der Waals surface area contributed by atoms with E-state index in [1.165, 1.54) is 0 Å². The van der Waals surface area contributed by atoms with Crippen LogP contribution in [0.3, 0.4) is 0 Å². The molecule has 5 heteroatoms. The number of aromatic nitrogens is 1. The molecule has 2 heterocycles. The zero-order valence-corrected chi connectivity index (χ0v) is 16.6. The number of amides is 1. The first kappa shape index (κ1) is 19.2. The van der Waals surface area contributed by atoms with E-state index in [1.54, 1.807) is 4.90 Å². The van der Waals surface area contributed by atoms with E-state index in [4.69, 9.17) is 0 Å². The van der Waals surface area contributed by atoms with Crippen LogP contribution in [0.25, 0.3) is 0 Å². The quantitative estimate of drug-likeness (QED) is 0.878. The maximum atomic E-state index is 12.9. The normalized spacial score (nSPS) is 22.0. The second-order valence-electron chi connectivity index (χ2n) is 8.72. The molecule has 2 aliphatic rings. The predicted octanol–water partition coefficient (Wildman–Crippen LogP) is 2.89. The minimum absolute atomic E-state index is 0.0206. The average Bonchev–Trinajstić information content (AvgIpc) is 3.13. The van der Waals surface area contributed by atoms with Crippen molar-refractivity contribution in [2.45, 2.75) is 78.8 Å². The first-order chi connectivity index (χ1) is 12.3. The highest BCUT2D eigenvalue weighted by molar-refractivity contribution is 6.01. The van der Waals surface area contributed by atoms with Crippen LogP contribution in [0.2, 0.25) is 0 Å². The van der Waals surface area contributed by atoms with E-state index in [2.05, 4.69) is 25.3 Å². The second kappa shape index (κ2) is 7.18. The maximum Gasteiger partial charge on any atom is 0.227 e. The van der Waals surface area contributed by atoms with Gasteiger partial charge in [0.1, 0.15) is 0 Å². The predicted molar refractivity (Wildman–Crippen MR) is 101 cm³/mol. The van der Waals surface area contributed by atoms with Crippen molar-refractivity contribution in [1.82, 2.24) is 9.47 Å². The molecule has 1 N–H and O–H groups in total. The van der Waals surface area contributed by atoms with Gasteiger partial charge in [-0.15, -0.1) is 0 Å². The summed E-state index contributed by atoms with van der Waals surface area (Å²) in [7, 11) is 0. The van der Waals surface area contributed by atoms with E-state index in [0.717, 1.165) is 54.7 Å². The molecule has 1 atom stereocenters. The van der Waals surface area contributed by atoms with Gasteiger partial charge in [-0.25, -0.2) is 0 Å². The van der Waals surface area contributed by atoms with Crippen LogP contribution in [-0.4, -0.2) is 45.5 Å². The summed E-state index contributed by atoms with van der Waals surface area (Å²) in [5.74, 6) is 0.218. The van der Waals surface area contributed by atoms with E-state index >= 15 is 0 Å². The highest BCUT2D eigenvalue weighted by Gasteiger charge is 2.38. The second-order valence-corrected chi connectivity index (χ2v) is 8.72. The van der Waals surface area contributed by atoms with Crippen molar-refractivity contribution in [3.05, 3.63) is 22.5 Å². The van der Waals surface area contributed by atoms with Crippen molar-refractivity contribution >= 4 is 11.7 Å². The van der Waals surface area contributed by atoms with Gasteiger partial charge in [0, 0.05) is 36.5 Å². The van der Waals surface area contributed by atoms with Gasteiger partial charge in [0.2, 0.25) is 5.91 Å². The Labute approximate surface area is 156 Å². The molecule has 1 aliphatic carbocycles. The molecule has 0 unspecified atom stereocenters. The van der Waals surface area contributed by atoms with Crippen LogP contribution in [0.4, 0.5) is 0 Å². The van der Waals surface area contributed by atoms with Crippen LogP contribution in [0, 0.1) is 12.3 Å². The van der Waals surface area contributed by atoms with Crippen LogP contribution >= 0.6 is 0 Å². The van der Waals surface area contributed by atoms with Gasteiger partial charge in [-0.1, -0.05) is 20.8 Å². The molecule has 0 aromatic carbocycles. The van der Waals surface area contributed by atoms with Crippen molar-refractivity contribution in [1.29, 1.82) is 0 Å². The Hall–Kier alpha value is -1.62. The fourth-order valence-electron chi connectivity index (χ4n) is 4.76. The van der Waals surface area contributed by atoms with Gasteiger partial charge < -0.3 is 14.6 Å². The van der Waals surface area contributed by atoms with Crippen LogP contribution < -0.4 is 0 Å². The number of aliphatic hydroxyl groups excluding tert-OH is 1. The molecule has 1 aliphatic heterocycles. The molecule has 1 fully saturated rings. The van der Waals surface area contributed by atoms with Crippen molar-refractivity contribution in [2.75, 3.05) is 13.2 Å². The molecule has 0 bridgehead atoms. The smallest absolute Gasteiger partial charge is 0.227 e. The van der Waals surface area contributed by atoms with Gasteiger partial charge in [0.05, 0.1) is 19.1 Å². The highest BCUT2D eigenvalue weighted by Crippen LogP contribution is 2.39. The van der Waals surface area contributed by atoms with Crippen LogP contribution in [0.15, 0.2) is 0 Å². The number of fused-ring (bicyclic) bond motifs is 1. The Morgan fingerprint density at radius 1 is 1.31 bits per heavy atom. The highest BCUT2D eigenvalue weighted by atomic mass is 16.3. The van der Waals surface area contributed by atoms with Crippen LogP contribution in [0.5, 0.6) is 0 Å². The van der Waals surface area contributed by atoms with Gasteiger partial charge >= 0.3 is 0 Å². The summed E-state index contributed by atoms with van der Waals surface area (Å²) in [6.07, 6.45) is 4.50. The summed E-state index contributed by atoms with van der Waals surface area (Å²) in [4.78, 5) is 27.7. The van der Waals surface area contributed by atoms with E-state index in [9.17, 15) is 14.7 Å². The lowest BCUT2D eigenvalue weighted by Gasteiger charge is -2.30. The molecule has 1 aromatic heterocycles. The summed E-state index contributed by atoms with van der Waals surface area (Å²) in [6.45, 7) is 10.1. The molecule has 0 spiro atoms. The standard InChI is InChI=1S/C21H32N2O3/c1-5-8-22-14(2)16(10-19(26)23-9-6-7-15(23)13-24)20-17(22)11-21(3,4)12-18(20)25/h15,24H,5-13H2,1-4H3/t15-/m0/s1. The molecule has 1 aromatic rings. The number of likely N-dealkylation sites (tertiary alicyclic amines) is 1. The zero-order chi connectivity index (χ0) is 19.1. The first-order valence-electron chi connectivity index (χ1n) is 9.93. The lowest BCUT2D eigenvalue weighted by Crippen LogP contribution is -2.38. The molecule has 1 amide bonds. The van der Waals surface area contributed by atoms with Gasteiger partial charge in [-0.05, 0) is 43.6 Å². The Kier molecular flexibility index (Phi) is 5.29. The number of aliphatic hydroxyl groups is 1. The number of ketones is 1. The summed E-state index contributed by atoms with van der Waals surface area (Å²) < 4.78 is 2.27. The van der Waals surface area contributed by atoms with Crippen molar-refractivity contribution in [3.63, 3.8) is 0 Å². The van der Waals surface area contributed by atoms with Crippen molar-refractivity contribution in [3.8, 4) is 0 Å². The van der Waals surface area contributed by atoms with Gasteiger partial charge in [0.25, 0.3) is 0 Å². The molecular weight excluding hydrogens is 328 g/mol. The molecular formula is C21H32N2O3. The lowest BCUT2D eigenvalue weighted by molar-refractivity contribution is -0.132. The number of hydrogen-bond acceptors (Lipinski definition) is 3. The minimum atomic E-state index is -0.0639. The van der Waals surface area contributed by atoms with Gasteiger partial charge in [0.15, 0.2) is 5.78 Å². The van der Waals surface area contributed by atoms with E-state index in [1.807, 2.05) is 6.92 Å². The topological polar surface area (TPSA) is 62.5 Å². The third-order valence-corrected chi connectivity index (χ3v) is 6.01. The molecule has 26 heavy (non-hydrogen) atoms. The van der Waals surface area contributed by atoms with Gasteiger partial charge in [-0.2, -0.15) is 0 Å². The van der Waals surface area contributed by atoms with Crippen molar-refractivity contribution in [2.24, 2.45) is 5.41 Å². The third-order valence-electron chi connectivity index (χ3n) is 6.01. The minimum Gasteiger partial charge on any atom is -0.394 e. The summed E-state index contributed by atoms with van der Waals surface area (Å²) in [6, 6.07) is -0.0639. The fraction of sp³-hybridized carbons (Fsp3) is 0.714. The Balaban J connectivity index is 1.97. The number of rotatable bonds is 5.